The van der Waals surface area contributed by atoms with Crippen molar-refractivity contribution in [1.82, 2.24) is 0 Å². The normalized spacial score (nSPS) is 17.5. The molecule has 0 saturated carbocycles. The van der Waals surface area contributed by atoms with E-state index in [2.05, 4.69) is 36.1 Å². The van der Waals surface area contributed by atoms with Gasteiger partial charge in [-0.2, -0.15) is 0 Å². The van der Waals surface area contributed by atoms with E-state index in [-0.39, 0.29) is 0 Å². The Morgan fingerprint density at radius 1 is 1.14 bits per heavy atom. The van der Waals surface area contributed by atoms with Gasteiger partial charge in [0.05, 0.1) is 0 Å². The lowest BCUT2D eigenvalue weighted by Crippen LogP contribution is -2.37. The summed E-state index contributed by atoms with van der Waals surface area (Å²) in [4.78, 5) is 2.40. The van der Waals surface area contributed by atoms with E-state index < -0.39 is 7.12 Å². The number of benzene rings is 2. The Kier molecular flexibility index (Phi) is 4.00. The Morgan fingerprint density at radius 3 is 2.76 bits per heavy atom. The van der Waals surface area contributed by atoms with Crippen molar-refractivity contribution in [2.24, 2.45) is 0 Å². The second-order valence-corrected chi connectivity index (χ2v) is 5.76. The minimum Gasteiger partial charge on any atom is -0.423 e. The molecule has 0 radical (unpaired) electrons. The molecule has 3 rings (SSSR count). The summed E-state index contributed by atoms with van der Waals surface area (Å²) in [6, 6.07) is 16.6. The second-order valence-electron chi connectivity index (χ2n) is 5.76. The first-order chi connectivity index (χ1) is 10.1. The summed E-state index contributed by atoms with van der Waals surface area (Å²) in [5, 5.41) is 18.6. The minimum atomic E-state index is -1.41. The fraction of sp³-hybridized carbons (Fsp3) is 0.294. The first-order valence-corrected chi connectivity index (χ1v) is 7.44. The fourth-order valence-corrected chi connectivity index (χ4v) is 3.05. The molecule has 0 bridgehead atoms. The van der Waals surface area contributed by atoms with Crippen LogP contribution in [-0.2, 0) is 13.0 Å². The molecule has 21 heavy (non-hydrogen) atoms. The molecule has 1 aliphatic rings. The highest BCUT2D eigenvalue weighted by Gasteiger charge is 2.23. The molecular formula is C17H20BNO2. The molecule has 1 aliphatic heterocycles. The molecule has 0 fully saturated rings. The maximum atomic E-state index is 9.31. The van der Waals surface area contributed by atoms with Gasteiger partial charge in [0.1, 0.15) is 0 Å². The predicted octanol–water partition coefficient (Wildman–Crippen LogP) is 1.71. The standard InChI is InChI=1S/C17H20BNO2/c1-13-9-10-15-6-2-3-8-17(15)19(13)12-14-5-4-7-16(11-14)18(20)21/h2-8,11,13,20-21H,9-10,12H2,1H3. The molecule has 0 spiro atoms. The Labute approximate surface area is 126 Å². The number of nitrogens with zero attached hydrogens (tertiary/aromatic N) is 1. The molecule has 1 unspecified atom stereocenters. The molecule has 0 saturated heterocycles. The maximum absolute atomic E-state index is 9.31. The van der Waals surface area contributed by atoms with Gasteiger partial charge in [-0.15, -0.1) is 0 Å². The molecule has 0 aromatic heterocycles. The first kappa shape index (κ1) is 14.2. The molecular weight excluding hydrogens is 261 g/mol. The quantitative estimate of drug-likeness (QED) is 0.842. The first-order valence-electron chi connectivity index (χ1n) is 7.44. The van der Waals surface area contributed by atoms with Gasteiger partial charge in [0.2, 0.25) is 0 Å². The van der Waals surface area contributed by atoms with Crippen molar-refractivity contribution in [3.05, 3.63) is 59.7 Å². The summed E-state index contributed by atoms with van der Waals surface area (Å²) >= 11 is 0. The van der Waals surface area contributed by atoms with E-state index in [0.717, 1.165) is 24.9 Å². The van der Waals surface area contributed by atoms with E-state index in [1.165, 1.54) is 11.3 Å². The third kappa shape index (κ3) is 2.97. The average Bonchev–Trinajstić information content (AvgIpc) is 2.50. The predicted molar refractivity (Wildman–Crippen MR) is 86.7 cm³/mol. The van der Waals surface area contributed by atoms with Crippen LogP contribution < -0.4 is 10.4 Å². The average molecular weight is 281 g/mol. The zero-order valence-corrected chi connectivity index (χ0v) is 12.2. The van der Waals surface area contributed by atoms with E-state index in [9.17, 15) is 10.0 Å². The van der Waals surface area contributed by atoms with E-state index in [1.54, 1.807) is 6.07 Å². The Hall–Kier alpha value is -1.78. The number of hydrogen-bond acceptors (Lipinski definition) is 3. The van der Waals surface area contributed by atoms with Gasteiger partial charge >= 0.3 is 7.12 Å². The van der Waals surface area contributed by atoms with Gasteiger partial charge < -0.3 is 14.9 Å². The molecule has 2 N–H and O–H groups in total. The molecule has 108 valence electrons. The summed E-state index contributed by atoms with van der Waals surface area (Å²) in [7, 11) is -1.41. The van der Waals surface area contributed by atoms with E-state index >= 15 is 0 Å². The lowest BCUT2D eigenvalue weighted by atomic mass is 9.79. The van der Waals surface area contributed by atoms with Crippen LogP contribution >= 0.6 is 0 Å². The SMILES string of the molecule is CC1CCc2ccccc2N1Cc1cccc(B(O)O)c1. The van der Waals surface area contributed by atoms with Crippen molar-refractivity contribution in [2.45, 2.75) is 32.4 Å². The topological polar surface area (TPSA) is 43.7 Å². The van der Waals surface area contributed by atoms with Gasteiger partial charge in [-0.05, 0) is 42.4 Å². The van der Waals surface area contributed by atoms with Crippen molar-refractivity contribution in [2.75, 3.05) is 4.90 Å². The van der Waals surface area contributed by atoms with Crippen LogP contribution in [0.2, 0.25) is 0 Å². The highest BCUT2D eigenvalue weighted by atomic mass is 16.4. The lowest BCUT2D eigenvalue weighted by molar-refractivity contribution is 0.425. The van der Waals surface area contributed by atoms with Crippen LogP contribution in [0.15, 0.2) is 48.5 Å². The van der Waals surface area contributed by atoms with Gasteiger partial charge in [0.15, 0.2) is 0 Å². The molecule has 1 heterocycles. The van der Waals surface area contributed by atoms with Crippen molar-refractivity contribution in [3.63, 3.8) is 0 Å². The highest BCUT2D eigenvalue weighted by Crippen LogP contribution is 2.31. The Balaban J connectivity index is 1.89. The zero-order valence-electron chi connectivity index (χ0n) is 12.2. The van der Waals surface area contributed by atoms with Gasteiger partial charge in [-0.25, -0.2) is 0 Å². The second kappa shape index (κ2) is 5.92. The van der Waals surface area contributed by atoms with Crippen molar-refractivity contribution in [1.29, 1.82) is 0 Å². The number of para-hydroxylation sites is 1. The summed E-state index contributed by atoms with van der Waals surface area (Å²) in [6.07, 6.45) is 2.28. The van der Waals surface area contributed by atoms with Crippen molar-refractivity contribution >= 4 is 18.3 Å². The number of aryl methyl sites for hydroxylation is 1. The van der Waals surface area contributed by atoms with Gasteiger partial charge in [-0.3, -0.25) is 0 Å². The highest BCUT2D eigenvalue weighted by molar-refractivity contribution is 6.58. The largest absolute Gasteiger partial charge is 0.488 e. The summed E-state index contributed by atoms with van der Waals surface area (Å²) in [5.74, 6) is 0. The Morgan fingerprint density at radius 2 is 1.95 bits per heavy atom. The van der Waals surface area contributed by atoms with E-state index in [4.69, 9.17) is 0 Å². The molecule has 0 aliphatic carbocycles. The molecule has 2 aromatic rings. The molecule has 1 atom stereocenters. The van der Waals surface area contributed by atoms with Crippen LogP contribution in [0.25, 0.3) is 0 Å². The number of rotatable bonds is 3. The number of anilines is 1. The molecule has 2 aromatic carbocycles. The monoisotopic (exact) mass is 281 g/mol. The molecule has 0 amide bonds. The van der Waals surface area contributed by atoms with E-state index in [0.29, 0.717) is 11.5 Å². The summed E-state index contributed by atoms with van der Waals surface area (Å²) in [6.45, 7) is 3.04. The summed E-state index contributed by atoms with van der Waals surface area (Å²) in [5.41, 5.74) is 4.34. The lowest BCUT2D eigenvalue weighted by Gasteiger charge is -2.37. The Bertz CT molecular complexity index is 630. The smallest absolute Gasteiger partial charge is 0.423 e. The zero-order chi connectivity index (χ0) is 14.8. The summed E-state index contributed by atoms with van der Waals surface area (Å²) < 4.78 is 0. The van der Waals surface area contributed by atoms with Gasteiger partial charge in [0.25, 0.3) is 0 Å². The van der Waals surface area contributed by atoms with Crippen LogP contribution in [0.3, 0.4) is 0 Å². The number of hydrogen-bond donors (Lipinski definition) is 2. The van der Waals surface area contributed by atoms with Crippen LogP contribution in [0.4, 0.5) is 5.69 Å². The van der Waals surface area contributed by atoms with Crippen LogP contribution in [0.1, 0.15) is 24.5 Å². The third-order valence-electron chi connectivity index (χ3n) is 4.27. The minimum absolute atomic E-state index is 0.489. The van der Waals surface area contributed by atoms with Crippen LogP contribution in [0, 0.1) is 0 Å². The van der Waals surface area contributed by atoms with Crippen molar-refractivity contribution < 1.29 is 10.0 Å². The molecule has 3 nitrogen and oxygen atoms in total. The van der Waals surface area contributed by atoms with Crippen LogP contribution in [-0.4, -0.2) is 23.2 Å². The van der Waals surface area contributed by atoms with Gasteiger partial charge in [-0.1, -0.05) is 42.5 Å². The van der Waals surface area contributed by atoms with Gasteiger partial charge in [0, 0.05) is 18.3 Å². The number of fused-ring (bicyclic) bond motifs is 1. The van der Waals surface area contributed by atoms with Crippen molar-refractivity contribution in [3.8, 4) is 0 Å². The van der Waals surface area contributed by atoms with Crippen LogP contribution in [0.5, 0.6) is 0 Å². The fourth-order valence-electron chi connectivity index (χ4n) is 3.05. The maximum Gasteiger partial charge on any atom is 0.488 e. The third-order valence-corrected chi connectivity index (χ3v) is 4.27. The molecule has 4 heteroatoms. The van der Waals surface area contributed by atoms with E-state index in [1.807, 2.05) is 18.2 Å².